The van der Waals surface area contributed by atoms with Crippen molar-refractivity contribution < 1.29 is 0 Å². The maximum absolute atomic E-state index is 11.9. The van der Waals surface area contributed by atoms with Gasteiger partial charge in [-0.1, -0.05) is 0 Å². The molecule has 0 atom stereocenters. The molecule has 3 aromatic rings. The Kier molecular flexibility index (Phi) is 4.35. The largest absolute Gasteiger partial charge is 0.362 e. The normalized spacial score (nSPS) is 11.4. The number of hydrogen-bond acceptors (Lipinski definition) is 4. The van der Waals surface area contributed by atoms with Crippen LogP contribution in [0, 0.1) is 13.8 Å². The second-order valence-corrected chi connectivity index (χ2v) is 6.25. The molecule has 0 bridgehead atoms. The third-order valence-electron chi connectivity index (χ3n) is 4.19. The molecular weight excluding hydrogens is 304 g/mol. The number of hydrogen-bond donors (Lipinski definition) is 3. The van der Waals surface area contributed by atoms with E-state index in [1.165, 1.54) is 16.8 Å². The molecule has 3 rings (SSSR count). The zero-order valence-corrected chi connectivity index (χ0v) is 14.4. The van der Waals surface area contributed by atoms with Crippen molar-refractivity contribution in [2.24, 2.45) is 0 Å². The third-order valence-corrected chi connectivity index (χ3v) is 4.19. The van der Waals surface area contributed by atoms with E-state index in [9.17, 15) is 4.79 Å². The third kappa shape index (κ3) is 3.03. The first-order valence-corrected chi connectivity index (χ1v) is 7.85. The molecule has 0 spiro atoms. The molecule has 0 radical (unpaired) electrons. The van der Waals surface area contributed by atoms with Crippen molar-refractivity contribution in [3.63, 3.8) is 0 Å². The molecule has 0 saturated heterocycles. The maximum Gasteiger partial charge on any atom is 0.273 e. The summed E-state index contributed by atoms with van der Waals surface area (Å²) in [4.78, 5) is 26.3. The molecule has 3 heterocycles. The van der Waals surface area contributed by atoms with E-state index in [1.807, 2.05) is 0 Å². The first kappa shape index (κ1) is 16.2. The Morgan fingerprint density at radius 1 is 1.17 bits per heavy atom. The molecule has 0 aliphatic heterocycles. The van der Waals surface area contributed by atoms with Crippen LogP contribution in [0.15, 0.2) is 23.4 Å². The van der Waals surface area contributed by atoms with E-state index in [4.69, 9.17) is 0 Å². The lowest BCUT2D eigenvalue weighted by Crippen LogP contribution is -2.11. The lowest BCUT2D eigenvalue weighted by molar-refractivity contribution is 0.401. The number of rotatable bonds is 5. The summed E-state index contributed by atoms with van der Waals surface area (Å²) in [5.74, 6) is 0. The Morgan fingerprint density at radius 2 is 1.92 bits per heavy atom. The van der Waals surface area contributed by atoms with Gasteiger partial charge in [0, 0.05) is 42.9 Å². The van der Waals surface area contributed by atoms with Gasteiger partial charge in [-0.15, -0.1) is 0 Å². The van der Waals surface area contributed by atoms with Crippen molar-refractivity contribution in [1.29, 1.82) is 0 Å². The zero-order chi connectivity index (χ0) is 17.3. The fourth-order valence-corrected chi connectivity index (χ4v) is 2.96. The zero-order valence-electron chi connectivity index (χ0n) is 14.4. The number of aromatic amines is 3. The predicted octanol–water partition coefficient (Wildman–Crippen LogP) is 1.76. The van der Waals surface area contributed by atoms with Crippen molar-refractivity contribution in [2.45, 2.75) is 26.8 Å². The highest BCUT2D eigenvalue weighted by Crippen LogP contribution is 2.24. The quantitative estimate of drug-likeness (QED) is 0.666. The van der Waals surface area contributed by atoms with Gasteiger partial charge < -0.3 is 15.0 Å². The van der Waals surface area contributed by atoms with E-state index in [1.54, 1.807) is 18.6 Å². The molecule has 7 nitrogen and oxygen atoms in total. The lowest BCUT2D eigenvalue weighted by atomic mass is 10.0. The Labute approximate surface area is 140 Å². The Balaban J connectivity index is 1.99. The number of aromatic nitrogens is 5. The smallest absolute Gasteiger partial charge is 0.273 e. The molecule has 3 N–H and O–H groups in total. The second kappa shape index (κ2) is 6.45. The minimum absolute atomic E-state index is 0.190. The van der Waals surface area contributed by atoms with Crippen molar-refractivity contribution >= 4 is 0 Å². The van der Waals surface area contributed by atoms with Gasteiger partial charge in [0.15, 0.2) is 0 Å². The van der Waals surface area contributed by atoms with E-state index in [0.29, 0.717) is 17.7 Å². The van der Waals surface area contributed by atoms with E-state index >= 15 is 0 Å². The van der Waals surface area contributed by atoms with Gasteiger partial charge in [-0.05, 0) is 39.1 Å². The molecule has 0 fully saturated rings. The fraction of sp³-hybridized carbons (Fsp3) is 0.353. The van der Waals surface area contributed by atoms with Crippen LogP contribution in [-0.4, -0.2) is 44.1 Å². The van der Waals surface area contributed by atoms with Crippen LogP contribution in [0.4, 0.5) is 0 Å². The van der Waals surface area contributed by atoms with E-state index in [2.05, 4.69) is 58.0 Å². The minimum atomic E-state index is -0.190. The van der Waals surface area contributed by atoms with Gasteiger partial charge in [0.25, 0.3) is 5.56 Å². The Morgan fingerprint density at radius 3 is 2.58 bits per heavy atom. The summed E-state index contributed by atoms with van der Waals surface area (Å²) in [5, 5.41) is 5.26. The average Bonchev–Trinajstić information content (AvgIpc) is 3.07. The van der Waals surface area contributed by atoms with Crippen molar-refractivity contribution in [3.05, 3.63) is 57.2 Å². The van der Waals surface area contributed by atoms with Crippen LogP contribution in [0.2, 0.25) is 0 Å². The molecule has 0 saturated carbocycles. The fourth-order valence-electron chi connectivity index (χ4n) is 2.96. The van der Waals surface area contributed by atoms with Gasteiger partial charge in [-0.3, -0.25) is 19.9 Å². The van der Waals surface area contributed by atoms with Gasteiger partial charge >= 0.3 is 0 Å². The summed E-state index contributed by atoms with van der Waals surface area (Å²) in [6, 6.07) is 0. The molecule has 0 aromatic carbocycles. The first-order chi connectivity index (χ1) is 11.5. The first-order valence-electron chi connectivity index (χ1n) is 7.85. The highest BCUT2D eigenvalue weighted by atomic mass is 16.1. The van der Waals surface area contributed by atoms with Crippen LogP contribution in [0.3, 0.4) is 0 Å². The molecule has 7 heteroatoms. The van der Waals surface area contributed by atoms with Crippen LogP contribution >= 0.6 is 0 Å². The summed E-state index contributed by atoms with van der Waals surface area (Å²) >= 11 is 0. The molecule has 126 valence electrons. The Hall–Kier alpha value is -2.67. The van der Waals surface area contributed by atoms with Gasteiger partial charge in [-0.25, -0.2) is 0 Å². The summed E-state index contributed by atoms with van der Waals surface area (Å²) in [6.45, 7) is 5.10. The van der Waals surface area contributed by atoms with Crippen LogP contribution in [0.1, 0.15) is 28.2 Å². The maximum atomic E-state index is 11.9. The van der Waals surface area contributed by atoms with Crippen LogP contribution in [-0.2, 0) is 13.0 Å². The van der Waals surface area contributed by atoms with Crippen molar-refractivity contribution in [3.8, 4) is 11.3 Å². The van der Waals surface area contributed by atoms with E-state index < -0.39 is 0 Å². The number of H-pyrrole nitrogens is 3. The van der Waals surface area contributed by atoms with Crippen LogP contribution < -0.4 is 5.56 Å². The van der Waals surface area contributed by atoms with Gasteiger partial charge in [0.2, 0.25) is 0 Å². The summed E-state index contributed by atoms with van der Waals surface area (Å²) in [5.41, 5.74) is 6.53. The molecular formula is C17H22N6O. The molecule has 3 aromatic heterocycles. The number of nitrogens with one attached hydrogen (secondary N) is 3. The summed E-state index contributed by atoms with van der Waals surface area (Å²) in [7, 11) is 4.12. The molecule has 24 heavy (non-hydrogen) atoms. The van der Waals surface area contributed by atoms with E-state index in [-0.39, 0.29) is 5.56 Å². The van der Waals surface area contributed by atoms with Crippen LogP contribution in [0.25, 0.3) is 11.3 Å². The van der Waals surface area contributed by atoms with E-state index in [0.717, 1.165) is 17.9 Å². The van der Waals surface area contributed by atoms with Gasteiger partial charge in [0.1, 0.15) is 0 Å². The van der Waals surface area contributed by atoms with Crippen molar-refractivity contribution in [1.82, 2.24) is 30.0 Å². The highest BCUT2D eigenvalue weighted by Gasteiger charge is 2.17. The van der Waals surface area contributed by atoms with Gasteiger partial charge in [0.05, 0.1) is 17.0 Å². The predicted molar refractivity (Wildman–Crippen MR) is 92.9 cm³/mol. The monoisotopic (exact) mass is 326 g/mol. The average molecular weight is 326 g/mol. The standard InChI is InChI=1S/C17H22N6O/c1-10-13(9-23(3)4)11(2)21-14(10)7-15-16(19-6-5-18-15)12-8-20-22-17(12)24/h5-6,8,21H,7,9H2,1-4H3,(H2,20,22,24). The lowest BCUT2D eigenvalue weighted by Gasteiger charge is -2.10. The van der Waals surface area contributed by atoms with Crippen LogP contribution in [0.5, 0.6) is 0 Å². The summed E-state index contributed by atoms with van der Waals surface area (Å²) in [6.07, 6.45) is 5.50. The molecule has 0 aliphatic carbocycles. The number of nitrogens with zero attached hydrogens (tertiary/aromatic N) is 3. The van der Waals surface area contributed by atoms with Gasteiger partial charge in [-0.2, -0.15) is 0 Å². The minimum Gasteiger partial charge on any atom is -0.362 e. The molecule has 0 unspecified atom stereocenters. The molecule has 0 amide bonds. The molecule has 0 aliphatic rings. The highest BCUT2D eigenvalue weighted by molar-refractivity contribution is 5.60. The second-order valence-electron chi connectivity index (χ2n) is 6.25. The number of aryl methyl sites for hydroxylation is 1. The Bertz CT molecular complexity index is 902. The summed E-state index contributed by atoms with van der Waals surface area (Å²) < 4.78 is 0. The topological polar surface area (TPSA) is 93.5 Å². The van der Waals surface area contributed by atoms with Crippen molar-refractivity contribution in [2.75, 3.05) is 14.1 Å². The SMILES string of the molecule is Cc1[nH]c(Cc2nccnc2-c2c[nH][nH]c2=O)c(C)c1CN(C)C.